The van der Waals surface area contributed by atoms with E-state index < -0.39 is 0 Å². The summed E-state index contributed by atoms with van der Waals surface area (Å²) in [7, 11) is 0. The fourth-order valence-corrected chi connectivity index (χ4v) is 4.91. The SMILES string of the molecule is O=C(NCCN1CCCCCC1)c1cccc(NC(=O)N2CCSc3ncccc32)c1. The molecule has 1 aromatic carbocycles. The lowest BCUT2D eigenvalue weighted by Crippen LogP contribution is -2.39. The molecule has 2 N–H and O–H groups in total. The lowest BCUT2D eigenvalue weighted by Gasteiger charge is -2.28. The number of urea groups is 1. The van der Waals surface area contributed by atoms with Gasteiger partial charge in [0.05, 0.1) is 5.69 Å². The van der Waals surface area contributed by atoms with E-state index in [-0.39, 0.29) is 11.9 Å². The van der Waals surface area contributed by atoms with Crippen molar-refractivity contribution in [3.05, 3.63) is 48.2 Å². The minimum absolute atomic E-state index is 0.116. The van der Waals surface area contributed by atoms with Crippen molar-refractivity contribution in [1.29, 1.82) is 0 Å². The third-order valence-electron chi connectivity index (χ3n) is 5.63. The smallest absolute Gasteiger partial charge is 0.326 e. The number of amides is 3. The third kappa shape index (κ3) is 5.77. The maximum Gasteiger partial charge on any atom is 0.326 e. The summed E-state index contributed by atoms with van der Waals surface area (Å²) in [5, 5.41) is 6.80. The summed E-state index contributed by atoms with van der Waals surface area (Å²) in [6, 6.07) is 10.6. The Morgan fingerprint density at radius 3 is 2.71 bits per heavy atom. The van der Waals surface area contributed by atoms with Crippen molar-refractivity contribution in [2.45, 2.75) is 30.7 Å². The van der Waals surface area contributed by atoms with Crippen molar-refractivity contribution < 1.29 is 9.59 Å². The maximum absolute atomic E-state index is 12.9. The molecule has 2 aliphatic heterocycles. The largest absolute Gasteiger partial charge is 0.351 e. The van der Waals surface area contributed by atoms with Crippen LogP contribution in [0, 0.1) is 0 Å². The molecule has 164 valence electrons. The van der Waals surface area contributed by atoms with Gasteiger partial charge in [0.2, 0.25) is 0 Å². The first-order valence-corrected chi connectivity index (χ1v) is 12.0. The molecule has 1 saturated heterocycles. The number of hydrogen-bond donors (Lipinski definition) is 2. The van der Waals surface area contributed by atoms with E-state index in [0.29, 0.717) is 24.3 Å². The highest BCUT2D eigenvalue weighted by molar-refractivity contribution is 7.99. The van der Waals surface area contributed by atoms with Crippen LogP contribution >= 0.6 is 11.8 Å². The summed E-state index contributed by atoms with van der Waals surface area (Å²) in [5.74, 6) is 0.687. The minimum atomic E-state index is -0.215. The van der Waals surface area contributed by atoms with Gasteiger partial charge in [0.25, 0.3) is 5.91 Å². The molecule has 1 fully saturated rings. The van der Waals surface area contributed by atoms with Gasteiger partial charge in [-0.3, -0.25) is 9.69 Å². The summed E-state index contributed by atoms with van der Waals surface area (Å²) in [5.41, 5.74) is 1.97. The second-order valence-electron chi connectivity index (χ2n) is 7.85. The normalized spacial score (nSPS) is 16.8. The van der Waals surface area contributed by atoms with Crippen LogP contribution in [0.2, 0.25) is 0 Å². The summed E-state index contributed by atoms with van der Waals surface area (Å²) < 4.78 is 0. The highest BCUT2D eigenvalue weighted by Gasteiger charge is 2.23. The van der Waals surface area contributed by atoms with Crippen molar-refractivity contribution in [1.82, 2.24) is 15.2 Å². The van der Waals surface area contributed by atoms with Crippen molar-refractivity contribution in [2.24, 2.45) is 0 Å². The van der Waals surface area contributed by atoms with Crippen LogP contribution in [0.4, 0.5) is 16.2 Å². The molecule has 8 heteroatoms. The monoisotopic (exact) mass is 439 g/mol. The number of hydrogen-bond acceptors (Lipinski definition) is 5. The van der Waals surface area contributed by atoms with E-state index in [1.165, 1.54) is 25.7 Å². The number of anilines is 2. The van der Waals surface area contributed by atoms with Crippen LogP contribution in [0.3, 0.4) is 0 Å². The van der Waals surface area contributed by atoms with Gasteiger partial charge in [-0.25, -0.2) is 9.78 Å². The standard InChI is InChI=1S/C23H29N5O2S/c29-21(24-11-14-27-12-3-1-2-4-13-27)18-7-5-8-19(17-18)26-23(30)28-15-16-31-22-20(28)9-6-10-25-22/h5-10,17H,1-4,11-16H2,(H,24,29)(H,26,30). The van der Waals surface area contributed by atoms with Crippen molar-refractivity contribution >= 4 is 35.1 Å². The molecule has 0 atom stereocenters. The Morgan fingerprint density at radius 1 is 1.03 bits per heavy atom. The van der Waals surface area contributed by atoms with E-state index in [4.69, 9.17) is 0 Å². The zero-order valence-corrected chi connectivity index (χ0v) is 18.5. The molecule has 0 bridgehead atoms. The first-order valence-electron chi connectivity index (χ1n) is 11.0. The molecule has 0 saturated carbocycles. The van der Waals surface area contributed by atoms with Gasteiger partial charge in [-0.2, -0.15) is 0 Å². The van der Waals surface area contributed by atoms with Crippen LogP contribution in [0.5, 0.6) is 0 Å². The molecule has 3 amide bonds. The molecule has 4 rings (SSSR count). The Labute approximate surface area is 187 Å². The van der Waals surface area contributed by atoms with Crippen molar-refractivity contribution in [3.63, 3.8) is 0 Å². The Bertz CT molecular complexity index is 914. The molecule has 0 spiro atoms. The van der Waals surface area contributed by atoms with Gasteiger partial charge in [0.1, 0.15) is 5.03 Å². The molecule has 2 aliphatic rings. The van der Waals surface area contributed by atoms with Gasteiger partial charge in [-0.05, 0) is 56.3 Å². The first-order chi connectivity index (χ1) is 15.2. The molecule has 2 aromatic rings. The predicted octanol–water partition coefficient (Wildman–Crippen LogP) is 3.83. The fraction of sp³-hybridized carbons (Fsp3) is 0.435. The van der Waals surface area contributed by atoms with Crippen LogP contribution in [0.1, 0.15) is 36.0 Å². The number of nitrogens with one attached hydrogen (secondary N) is 2. The molecule has 7 nitrogen and oxygen atoms in total. The van der Waals surface area contributed by atoms with E-state index in [9.17, 15) is 9.59 Å². The summed E-state index contributed by atoms with van der Waals surface area (Å²) in [4.78, 5) is 33.9. The van der Waals surface area contributed by atoms with Gasteiger partial charge in [0.15, 0.2) is 0 Å². The Balaban J connectivity index is 1.33. The summed E-state index contributed by atoms with van der Waals surface area (Å²) in [6.45, 7) is 4.36. The van der Waals surface area contributed by atoms with Crippen LogP contribution in [-0.2, 0) is 0 Å². The number of carbonyl (C=O) groups excluding carboxylic acids is 2. The maximum atomic E-state index is 12.9. The topological polar surface area (TPSA) is 77.6 Å². The summed E-state index contributed by atoms with van der Waals surface area (Å²) >= 11 is 1.65. The number of carbonyl (C=O) groups is 2. The van der Waals surface area contributed by atoms with Gasteiger partial charge in [0, 0.05) is 42.8 Å². The zero-order valence-electron chi connectivity index (χ0n) is 17.7. The lowest BCUT2D eigenvalue weighted by atomic mass is 10.2. The van der Waals surface area contributed by atoms with E-state index in [1.54, 1.807) is 47.1 Å². The molecule has 3 heterocycles. The average molecular weight is 440 g/mol. The quantitative estimate of drug-likeness (QED) is 0.740. The number of rotatable bonds is 5. The molecule has 1 aromatic heterocycles. The average Bonchev–Trinajstić information content (AvgIpc) is 3.07. The van der Waals surface area contributed by atoms with Crippen LogP contribution in [0.25, 0.3) is 0 Å². The molecule has 0 aliphatic carbocycles. The third-order valence-corrected chi connectivity index (χ3v) is 6.60. The number of pyridine rings is 1. The van der Waals surface area contributed by atoms with Gasteiger partial charge < -0.3 is 15.5 Å². The Kier molecular flexibility index (Phi) is 7.43. The van der Waals surface area contributed by atoms with Crippen LogP contribution < -0.4 is 15.5 Å². The zero-order chi connectivity index (χ0) is 21.5. The fourth-order valence-electron chi connectivity index (χ4n) is 3.98. The number of aromatic nitrogens is 1. The molecular weight excluding hydrogens is 410 g/mol. The molecule has 0 unspecified atom stereocenters. The first kappa shape index (κ1) is 21.6. The highest BCUT2D eigenvalue weighted by Crippen LogP contribution is 2.32. The van der Waals surface area contributed by atoms with Gasteiger partial charge in [-0.1, -0.05) is 18.9 Å². The minimum Gasteiger partial charge on any atom is -0.351 e. The van der Waals surface area contributed by atoms with Gasteiger partial charge >= 0.3 is 6.03 Å². The van der Waals surface area contributed by atoms with Crippen LogP contribution in [0.15, 0.2) is 47.6 Å². The molecular formula is C23H29N5O2S. The van der Waals surface area contributed by atoms with E-state index in [2.05, 4.69) is 20.5 Å². The second-order valence-corrected chi connectivity index (χ2v) is 8.93. The highest BCUT2D eigenvalue weighted by atomic mass is 32.2. The number of likely N-dealkylation sites (tertiary alicyclic amines) is 1. The number of benzene rings is 1. The molecule has 31 heavy (non-hydrogen) atoms. The number of nitrogens with zero attached hydrogens (tertiary/aromatic N) is 3. The van der Waals surface area contributed by atoms with Crippen molar-refractivity contribution in [2.75, 3.05) is 48.7 Å². The van der Waals surface area contributed by atoms with Crippen molar-refractivity contribution in [3.8, 4) is 0 Å². The second kappa shape index (κ2) is 10.6. The number of thioether (sulfide) groups is 1. The predicted molar refractivity (Wildman–Crippen MR) is 125 cm³/mol. The van der Waals surface area contributed by atoms with E-state index >= 15 is 0 Å². The van der Waals surface area contributed by atoms with Gasteiger partial charge in [-0.15, -0.1) is 11.8 Å². The Morgan fingerprint density at radius 2 is 1.87 bits per heavy atom. The Hall–Kier alpha value is -2.58. The van der Waals surface area contributed by atoms with Crippen LogP contribution in [-0.4, -0.2) is 60.3 Å². The summed E-state index contributed by atoms with van der Waals surface area (Å²) in [6.07, 6.45) is 6.83. The number of fused-ring (bicyclic) bond motifs is 1. The molecule has 0 radical (unpaired) electrons. The van der Waals surface area contributed by atoms with E-state index in [1.807, 2.05) is 12.1 Å². The van der Waals surface area contributed by atoms with E-state index in [0.717, 1.165) is 36.1 Å². The lowest BCUT2D eigenvalue weighted by molar-refractivity contribution is 0.0948.